The van der Waals surface area contributed by atoms with E-state index in [1.807, 2.05) is 0 Å². The van der Waals surface area contributed by atoms with Crippen LogP contribution in [0, 0.1) is 11.6 Å². The van der Waals surface area contributed by atoms with Gasteiger partial charge in [-0.25, -0.2) is 8.78 Å². The molecule has 1 unspecified atom stereocenters. The molecule has 0 aliphatic carbocycles. The highest BCUT2D eigenvalue weighted by Gasteiger charge is 2.36. The van der Waals surface area contributed by atoms with Crippen molar-refractivity contribution in [2.24, 2.45) is 5.73 Å². The first-order chi connectivity index (χ1) is 7.21. The van der Waals surface area contributed by atoms with E-state index in [-0.39, 0.29) is 10.6 Å². The summed E-state index contributed by atoms with van der Waals surface area (Å²) in [7, 11) is 0. The molecule has 0 aliphatic heterocycles. The normalized spacial score (nSPS) is 13.9. The minimum Gasteiger partial charge on any atom is -0.320 e. The lowest BCUT2D eigenvalue weighted by molar-refractivity contribution is -0.147. The summed E-state index contributed by atoms with van der Waals surface area (Å²) in [5, 5.41) is -0.279. The Morgan fingerprint density at radius 1 is 1.19 bits per heavy atom. The topological polar surface area (TPSA) is 26.0 Å². The van der Waals surface area contributed by atoms with E-state index in [0.717, 1.165) is 0 Å². The van der Waals surface area contributed by atoms with Crippen molar-refractivity contribution >= 4 is 11.6 Å². The third kappa shape index (κ3) is 3.05. The quantitative estimate of drug-likeness (QED) is 0.641. The Bertz CT molecular complexity index is 390. The molecule has 1 aromatic carbocycles. The maximum Gasteiger partial charge on any atom is 0.403 e. The molecular weight excluding hydrogens is 253 g/mol. The van der Waals surface area contributed by atoms with E-state index in [0.29, 0.717) is 12.1 Å². The second-order valence-electron chi connectivity index (χ2n) is 3.21. The predicted molar refractivity (Wildman–Crippen MR) is 49.1 cm³/mol. The van der Waals surface area contributed by atoms with Gasteiger partial charge in [0.25, 0.3) is 0 Å². The SMILES string of the molecule is NC(Cc1cc(F)c(F)cc1Cl)C(F)(F)F. The van der Waals surface area contributed by atoms with E-state index in [2.05, 4.69) is 0 Å². The van der Waals surface area contributed by atoms with Gasteiger partial charge in [-0.2, -0.15) is 13.2 Å². The summed E-state index contributed by atoms with van der Waals surface area (Å²) in [6.07, 6.45) is -5.30. The number of nitrogens with two attached hydrogens (primary N) is 1. The summed E-state index contributed by atoms with van der Waals surface area (Å²) >= 11 is 5.47. The lowest BCUT2D eigenvalue weighted by Gasteiger charge is -2.16. The standard InChI is InChI=1S/C9H7ClF5N/c10-5-3-7(12)6(11)1-4(5)2-8(16)9(13,14)15/h1,3,8H,2,16H2. The molecule has 1 aromatic rings. The molecule has 0 amide bonds. The Morgan fingerprint density at radius 2 is 1.69 bits per heavy atom. The van der Waals surface area contributed by atoms with Gasteiger partial charge >= 0.3 is 6.18 Å². The fourth-order valence-electron chi connectivity index (χ4n) is 1.07. The molecule has 90 valence electrons. The second kappa shape index (κ2) is 4.55. The lowest BCUT2D eigenvalue weighted by atomic mass is 10.1. The summed E-state index contributed by atoms with van der Waals surface area (Å²) in [4.78, 5) is 0. The molecule has 0 spiro atoms. The first-order valence-corrected chi connectivity index (χ1v) is 4.55. The van der Waals surface area contributed by atoms with E-state index in [4.69, 9.17) is 17.3 Å². The van der Waals surface area contributed by atoms with Gasteiger partial charge in [-0.3, -0.25) is 0 Å². The molecule has 0 saturated carbocycles. The molecular formula is C9H7ClF5N. The summed E-state index contributed by atoms with van der Waals surface area (Å²) < 4.78 is 61.7. The van der Waals surface area contributed by atoms with Crippen LogP contribution in [-0.4, -0.2) is 12.2 Å². The molecule has 1 rings (SSSR count). The van der Waals surface area contributed by atoms with Crippen molar-refractivity contribution in [1.82, 2.24) is 0 Å². The zero-order chi connectivity index (χ0) is 12.5. The van der Waals surface area contributed by atoms with Gasteiger partial charge in [0.2, 0.25) is 0 Å². The summed E-state index contributed by atoms with van der Waals surface area (Å²) in [6, 6.07) is -0.923. The Kier molecular flexibility index (Phi) is 3.75. The minimum absolute atomic E-state index is 0.176. The van der Waals surface area contributed by atoms with Crippen molar-refractivity contribution in [2.45, 2.75) is 18.6 Å². The van der Waals surface area contributed by atoms with Gasteiger partial charge in [0.05, 0.1) is 0 Å². The maximum atomic E-state index is 12.8. The van der Waals surface area contributed by atoms with Crippen molar-refractivity contribution < 1.29 is 22.0 Å². The highest BCUT2D eigenvalue weighted by Crippen LogP contribution is 2.26. The van der Waals surface area contributed by atoms with Crippen LogP contribution in [0.25, 0.3) is 0 Å². The smallest absolute Gasteiger partial charge is 0.320 e. The molecule has 16 heavy (non-hydrogen) atoms. The highest BCUT2D eigenvalue weighted by molar-refractivity contribution is 6.31. The van der Waals surface area contributed by atoms with Crippen LogP contribution in [0.15, 0.2) is 12.1 Å². The fourth-order valence-corrected chi connectivity index (χ4v) is 1.30. The van der Waals surface area contributed by atoms with Gasteiger partial charge < -0.3 is 5.73 Å². The Morgan fingerprint density at radius 3 is 2.19 bits per heavy atom. The average Bonchev–Trinajstić information content (AvgIpc) is 2.12. The molecule has 1 nitrogen and oxygen atoms in total. The van der Waals surface area contributed by atoms with Gasteiger partial charge in [-0.15, -0.1) is 0 Å². The first-order valence-electron chi connectivity index (χ1n) is 4.17. The van der Waals surface area contributed by atoms with E-state index in [1.54, 1.807) is 0 Å². The maximum absolute atomic E-state index is 12.8. The third-order valence-corrected chi connectivity index (χ3v) is 2.30. The molecule has 0 aliphatic rings. The Labute approximate surface area is 93.0 Å². The number of alkyl halides is 3. The molecule has 0 bridgehead atoms. The lowest BCUT2D eigenvalue weighted by Crippen LogP contribution is -2.39. The Hall–Kier alpha value is -0.880. The number of benzene rings is 1. The molecule has 2 N–H and O–H groups in total. The first kappa shape index (κ1) is 13.2. The average molecular weight is 260 g/mol. The van der Waals surface area contributed by atoms with Crippen LogP contribution in [0.4, 0.5) is 22.0 Å². The van der Waals surface area contributed by atoms with Gasteiger partial charge in [-0.1, -0.05) is 11.6 Å². The molecule has 0 radical (unpaired) electrons. The number of rotatable bonds is 2. The summed E-state index contributed by atoms with van der Waals surface area (Å²) in [5.41, 5.74) is 4.66. The summed E-state index contributed by atoms with van der Waals surface area (Å²) in [5.74, 6) is -2.47. The van der Waals surface area contributed by atoms with Crippen LogP contribution in [0.3, 0.4) is 0 Å². The summed E-state index contributed by atoms with van der Waals surface area (Å²) in [6.45, 7) is 0. The Balaban J connectivity index is 2.94. The molecule has 7 heteroatoms. The van der Waals surface area contributed by atoms with Crippen LogP contribution >= 0.6 is 11.6 Å². The second-order valence-corrected chi connectivity index (χ2v) is 3.62. The molecule has 0 fully saturated rings. The van der Waals surface area contributed by atoms with Crippen molar-refractivity contribution in [3.8, 4) is 0 Å². The van der Waals surface area contributed by atoms with Gasteiger partial charge in [0, 0.05) is 5.02 Å². The van der Waals surface area contributed by atoms with Crippen molar-refractivity contribution in [3.05, 3.63) is 34.4 Å². The minimum atomic E-state index is -4.60. The van der Waals surface area contributed by atoms with Crippen LogP contribution < -0.4 is 5.73 Å². The zero-order valence-electron chi connectivity index (χ0n) is 7.78. The van der Waals surface area contributed by atoms with Gasteiger partial charge in [0.15, 0.2) is 11.6 Å². The monoisotopic (exact) mass is 259 g/mol. The predicted octanol–water partition coefficient (Wildman–Crippen LogP) is 3.05. The van der Waals surface area contributed by atoms with Crippen LogP contribution in [0.1, 0.15) is 5.56 Å². The van der Waals surface area contributed by atoms with Crippen LogP contribution in [-0.2, 0) is 6.42 Å². The van der Waals surface area contributed by atoms with E-state index < -0.39 is 30.3 Å². The molecule has 1 atom stereocenters. The highest BCUT2D eigenvalue weighted by atomic mass is 35.5. The molecule has 0 aromatic heterocycles. The van der Waals surface area contributed by atoms with E-state index in [1.165, 1.54) is 0 Å². The van der Waals surface area contributed by atoms with Gasteiger partial charge in [-0.05, 0) is 24.1 Å². The van der Waals surface area contributed by atoms with E-state index >= 15 is 0 Å². The zero-order valence-corrected chi connectivity index (χ0v) is 8.54. The number of hydrogen-bond acceptors (Lipinski definition) is 1. The largest absolute Gasteiger partial charge is 0.403 e. The number of hydrogen-bond donors (Lipinski definition) is 1. The van der Waals surface area contributed by atoms with Crippen LogP contribution in [0.2, 0.25) is 5.02 Å². The molecule has 0 saturated heterocycles. The molecule has 0 heterocycles. The van der Waals surface area contributed by atoms with Crippen LogP contribution in [0.5, 0.6) is 0 Å². The van der Waals surface area contributed by atoms with Gasteiger partial charge in [0.1, 0.15) is 6.04 Å². The van der Waals surface area contributed by atoms with Crippen molar-refractivity contribution in [1.29, 1.82) is 0 Å². The van der Waals surface area contributed by atoms with E-state index in [9.17, 15) is 22.0 Å². The van der Waals surface area contributed by atoms with Crippen molar-refractivity contribution in [2.75, 3.05) is 0 Å². The van der Waals surface area contributed by atoms with Crippen molar-refractivity contribution in [3.63, 3.8) is 0 Å². The number of halogens is 6. The third-order valence-electron chi connectivity index (χ3n) is 1.95. The fraction of sp³-hybridized carbons (Fsp3) is 0.333.